The second-order valence-corrected chi connectivity index (χ2v) is 24.2. The van der Waals surface area contributed by atoms with Crippen molar-refractivity contribution in [3.63, 3.8) is 0 Å². The van der Waals surface area contributed by atoms with Crippen LogP contribution in [0.1, 0.15) is 173 Å². The van der Waals surface area contributed by atoms with E-state index in [0.29, 0.717) is 80.3 Å². The Morgan fingerprint density at radius 2 is 1.10 bits per heavy atom. The van der Waals surface area contributed by atoms with Gasteiger partial charge in [-0.05, 0) is 162 Å². The Bertz CT molecular complexity index is 3010. The third kappa shape index (κ3) is 11.8. The van der Waals surface area contributed by atoms with Crippen LogP contribution in [0.25, 0.3) is 0 Å². The Balaban J connectivity index is 0.000000155. The van der Waals surface area contributed by atoms with Crippen LogP contribution in [0.15, 0.2) is 36.4 Å². The average Bonchev–Trinajstić information content (AvgIpc) is 3.30. The van der Waals surface area contributed by atoms with Crippen LogP contribution < -0.4 is 10.6 Å². The molecule has 6 heterocycles. The number of aryl methyl sites for hydroxylation is 2. The van der Waals surface area contributed by atoms with Crippen molar-refractivity contribution in [1.82, 2.24) is 44.9 Å². The number of carbonyl (C=O) groups is 6. The van der Waals surface area contributed by atoms with Gasteiger partial charge >= 0.3 is 5.97 Å². The highest BCUT2D eigenvalue weighted by Gasteiger charge is 2.52. The maximum absolute atomic E-state index is 16.0. The second kappa shape index (κ2) is 22.7. The molecule has 4 atom stereocenters. The zero-order chi connectivity index (χ0) is 56.1. The molecule has 424 valence electrons. The van der Waals surface area contributed by atoms with Gasteiger partial charge in [0, 0.05) is 107 Å². The van der Waals surface area contributed by atoms with Crippen molar-refractivity contribution in [1.29, 1.82) is 0 Å². The molecular weight excluding hydrogens is 1010 g/mol. The predicted molar refractivity (Wildman–Crippen MR) is 293 cm³/mol. The zero-order valence-electron chi connectivity index (χ0n) is 47.0. The number of aromatic nitrogens is 4. The van der Waals surface area contributed by atoms with E-state index in [0.717, 1.165) is 114 Å². The SMILES string of the molecule is CC(=O)CC1CCNCC1.CC(=O)NC1CCN(C(=O)c2nn(CC(=O)N3CCC(F)(c4cccc(C)c4C)CC3)c3c2[C@@H]2C[C@@H]2C3)CC1.Cc1cccc(C2(F)CCN(C(=O)Cn3nc(C(=O)O)c4c3C[C@H]3C[C@@H]43)CC2)c1C. The van der Waals surface area contributed by atoms with Gasteiger partial charge in [-0.2, -0.15) is 10.2 Å². The number of Topliss-reactive ketones (excluding diaryl/α,β-unsaturated/α-hetero) is 1. The number of carbonyl (C=O) groups excluding carboxylic acids is 5. The number of ketones is 1. The fraction of sp³-hybridized carbons (Fsp3) is 0.607. The maximum Gasteiger partial charge on any atom is 0.356 e. The normalized spacial score (nSPS) is 23.4. The number of fused-ring (bicyclic) bond motifs is 6. The summed E-state index contributed by atoms with van der Waals surface area (Å²) in [6.45, 7) is 16.0. The van der Waals surface area contributed by atoms with Crippen molar-refractivity contribution in [2.75, 3.05) is 52.4 Å². The van der Waals surface area contributed by atoms with Gasteiger partial charge in [-0.3, -0.25) is 28.5 Å². The van der Waals surface area contributed by atoms with E-state index >= 15 is 8.78 Å². The fourth-order valence-electron chi connectivity index (χ4n) is 13.8. The highest BCUT2D eigenvalue weighted by Crippen LogP contribution is 2.58. The Kier molecular flexibility index (Phi) is 16.1. The summed E-state index contributed by atoms with van der Waals surface area (Å²) in [5.41, 5.74) is 7.13. The summed E-state index contributed by atoms with van der Waals surface area (Å²) < 4.78 is 35.0. The maximum atomic E-state index is 16.0. The molecule has 4 amide bonds. The lowest BCUT2D eigenvalue weighted by Gasteiger charge is -2.37. The number of amides is 4. The molecule has 8 aliphatic rings. The van der Waals surface area contributed by atoms with E-state index in [1.54, 1.807) is 26.1 Å². The molecule has 0 radical (unpaired) electrons. The molecule has 0 unspecified atom stereocenters. The molecule has 2 aromatic carbocycles. The molecular formula is C61H79F2N9O7. The molecule has 0 bridgehead atoms. The molecule has 0 spiro atoms. The summed E-state index contributed by atoms with van der Waals surface area (Å²) in [4.78, 5) is 78.7. The number of nitrogens with one attached hydrogen (secondary N) is 2. The summed E-state index contributed by atoms with van der Waals surface area (Å²) in [5, 5.41) is 24.7. The van der Waals surface area contributed by atoms with Crippen LogP contribution in [0.3, 0.4) is 0 Å². The number of hydrogen-bond acceptors (Lipinski definition) is 9. The summed E-state index contributed by atoms with van der Waals surface area (Å²) in [7, 11) is 0. The van der Waals surface area contributed by atoms with E-state index in [1.807, 2.05) is 69.0 Å². The van der Waals surface area contributed by atoms with E-state index in [4.69, 9.17) is 5.10 Å². The number of likely N-dealkylation sites (tertiary alicyclic amines) is 3. The minimum absolute atomic E-state index is 0.0256. The minimum Gasteiger partial charge on any atom is -0.476 e. The monoisotopic (exact) mass is 1090 g/mol. The molecule has 12 rings (SSSR count). The number of carboxylic acid groups (broad SMARTS) is 1. The molecule has 4 aromatic rings. The smallest absolute Gasteiger partial charge is 0.356 e. The average molecular weight is 1090 g/mol. The molecule has 3 N–H and O–H groups in total. The predicted octanol–water partition coefficient (Wildman–Crippen LogP) is 7.70. The standard InChI is InChI=1S/C30H38FN5O3.C23H26FN3O3.C8H15NO/c1-18-5-4-6-24(19(18)2)30(31)9-13-34(14-10-30)26(38)17-36-25-16-21-15-23(21)27(25)28(33-36)29(39)35-11-7-22(8-12-35)32-20(3)37;1-13-4-3-5-17(14(13)2)23(24)6-8-26(9-7-23)19(28)12-27-18-11-15-10-16(15)20(18)21(25-27)22(29)30;1-7(10)6-8-2-4-9-5-3-8/h4-6,21-23H,7-17H2,1-3H3,(H,32,37);3-5,15-16H,6-12H2,1-2H3,(H,29,30);8-9H,2-6H2,1H3/t21-,23-;15-,16-;/m11./s1. The quantitative estimate of drug-likeness (QED) is 0.134. The second-order valence-electron chi connectivity index (χ2n) is 24.2. The van der Waals surface area contributed by atoms with Gasteiger partial charge in [0.25, 0.3) is 5.91 Å². The first-order chi connectivity index (χ1) is 37.7. The summed E-state index contributed by atoms with van der Waals surface area (Å²) in [6, 6.07) is 11.6. The number of alkyl halides is 2. The van der Waals surface area contributed by atoms with E-state index in [1.165, 1.54) is 19.8 Å². The van der Waals surface area contributed by atoms with E-state index < -0.39 is 17.3 Å². The number of benzene rings is 2. The molecule has 4 aliphatic heterocycles. The van der Waals surface area contributed by atoms with Crippen LogP contribution in [-0.4, -0.2) is 133 Å². The van der Waals surface area contributed by atoms with E-state index in [9.17, 15) is 33.9 Å². The van der Waals surface area contributed by atoms with Gasteiger partial charge in [-0.15, -0.1) is 0 Å². The Morgan fingerprint density at radius 1 is 0.646 bits per heavy atom. The number of rotatable bonds is 11. The van der Waals surface area contributed by atoms with Gasteiger partial charge in [0.05, 0.1) is 0 Å². The van der Waals surface area contributed by atoms with Crippen LogP contribution in [0.5, 0.6) is 0 Å². The fourth-order valence-corrected chi connectivity index (χ4v) is 13.8. The van der Waals surface area contributed by atoms with Crippen LogP contribution in [-0.2, 0) is 56.4 Å². The Hall–Kier alpha value is -6.30. The third-order valence-electron chi connectivity index (χ3n) is 18.9. The molecule has 4 saturated heterocycles. The van der Waals surface area contributed by atoms with Crippen molar-refractivity contribution < 1.29 is 42.7 Å². The Morgan fingerprint density at radius 3 is 1.54 bits per heavy atom. The van der Waals surface area contributed by atoms with Crippen molar-refractivity contribution >= 4 is 35.4 Å². The summed E-state index contributed by atoms with van der Waals surface area (Å²) in [5.74, 6) is 1.41. The van der Waals surface area contributed by atoms with Gasteiger partial charge in [-0.25, -0.2) is 13.6 Å². The van der Waals surface area contributed by atoms with Crippen molar-refractivity contribution in [3.05, 3.63) is 104 Å². The van der Waals surface area contributed by atoms with Crippen LogP contribution in [0.4, 0.5) is 8.78 Å². The zero-order valence-corrected chi connectivity index (χ0v) is 47.0. The highest BCUT2D eigenvalue weighted by atomic mass is 19.1. The number of aromatic carboxylic acids is 1. The largest absolute Gasteiger partial charge is 0.476 e. The molecule has 79 heavy (non-hydrogen) atoms. The van der Waals surface area contributed by atoms with Gasteiger partial charge in [0.2, 0.25) is 17.7 Å². The summed E-state index contributed by atoms with van der Waals surface area (Å²) >= 11 is 0. The molecule has 4 aliphatic carbocycles. The van der Waals surface area contributed by atoms with Gasteiger partial charge < -0.3 is 35.2 Å². The number of nitrogens with zero attached hydrogens (tertiary/aromatic N) is 7. The Labute approximate surface area is 462 Å². The lowest BCUT2D eigenvalue weighted by molar-refractivity contribution is -0.135. The lowest BCUT2D eigenvalue weighted by atomic mass is 9.82. The third-order valence-corrected chi connectivity index (χ3v) is 18.9. The van der Waals surface area contributed by atoms with Gasteiger partial charge in [0.15, 0.2) is 11.4 Å². The number of piperidine rings is 4. The molecule has 2 aromatic heterocycles. The first-order valence-electron chi connectivity index (χ1n) is 29.0. The highest BCUT2D eigenvalue weighted by molar-refractivity contribution is 5.95. The van der Waals surface area contributed by atoms with Crippen molar-refractivity contribution in [3.8, 4) is 0 Å². The minimum atomic E-state index is -1.42. The first-order valence-corrected chi connectivity index (χ1v) is 29.0. The number of halogens is 2. The molecule has 2 saturated carbocycles. The molecule has 16 nitrogen and oxygen atoms in total. The van der Waals surface area contributed by atoms with Gasteiger partial charge in [-0.1, -0.05) is 36.4 Å². The van der Waals surface area contributed by atoms with Crippen LogP contribution in [0.2, 0.25) is 0 Å². The molecule has 18 heteroatoms. The van der Waals surface area contributed by atoms with Crippen molar-refractivity contribution in [2.45, 2.75) is 167 Å². The number of hydrogen-bond donors (Lipinski definition) is 3. The number of carboxylic acids is 1. The first kappa shape index (κ1) is 56.0. The van der Waals surface area contributed by atoms with E-state index in [-0.39, 0.29) is 74.1 Å². The lowest BCUT2D eigenvalue weighted by Crippen LogP contribution is -2.46. The van der Waals surface area contributed by atoms with Gasteiger partial charge in [0.1, 0.15) is 30.2 Å². The molecule has 6 fully saturated rings. The van der Waals surface area contributed by atoms with Crippen molar-refractivity contribution in [2.24, 2.45) is 17.8 Å². The topological polar surface area (TPSA) is 192 Å². The van der Waals surface area contributed by atoms with E-state index in [2.05, 4.69) is 15.7 Å². The summed E-state index contributed by atoms with van der Waals surface area (Å²) in [6.07, 6.45) is 9.47. The van der Waals surface area contributed by atoms with Crippen LogP contribution in [0, 0.1) is 45.4 Å². The van der Waals surface area contributed by atoms with Crippen LogP contribution >= 0.6 is 0 Å².